The molecule has 0 aromatic heterocycles. The van der Waals surface area contributed by atoms with E-state index in [9.17, 15) is 4.21 Å². The first kappa shape index (κ1) is 22.4. The summed E-state index contributed by atoms with van der Waals surface area (Å²) in [4.78, 5) is 0. The molecule has 4 heteroatoms. The van der Waals surface area contributed by atoms with Crippen LogP contribution in [0.3, 0.4) is 0 Å². The summed E-state index contributed by atoms with van der Waals surface area (Å²) in [6.45, 7) is 8.35. The Kier molecular flexibility index (Phi) is 8.16. The quantitative estimate of drug-likeness (QED) is 0.517. The third-order valence-electron chi connectivity index (χ3n) is 6.46. The van der Waals surface area contributed by atoms with Gasteiger partial charge in [-0.2, -0.15) is 0 Å². The minimum Gasteiger partial charge on any atom is -0.242 e. The molecule has 0 aliphatic heterocycles. The number of benzene rings is 1. The maximum absolute atomic E-state index is 12.7. The Morgan fingerprint density at radius 1 is 0.929 bits per heavy atom. The monoisotopic (exact) mass is 421 g/mol. The molecular weight excluding hydrogens is 381 g/mol. The smallest absolute Gasteiger partial charge is 0.0975 e. The van der Waals surface area contributed by atoms with Crippen molar-refractivity contribution in [2.24, 2.45) is 0 Å². The summed E-state index contributed by atoms with van der Waals surface area (Å²) in [5, 5.41) is 1.61. The Hall–Kier alpha value is -0.240. The van der Waals surface area contributed by atoms with Crippen LogP contribution in [-0.4, -0.2) is 20.3 Å². The third-order valence-corrected chi connectivity index (χ3v) is 11.7. The van der Waals surface area contributed by atoms with Gasteiger partial charge in [0.05, 0.1) is 15.7 Å². The second kappa shape index (κ2) is 10.2. The van der Waals surface area contributed by atoms with Gasteiger partial charge in [-0.25, -0.2) is 8.93 Å². The van der Waals surface area contributed by atoms with Gasteiger partial charge in [-0.15, -0.1) is 0 Å². The first-order chi connectivity index (χ1) is 13.4. The molecule has 2 nitrogen and oxygen atoms in total. The maximum Gasteiger partial charge on any atom is 0.0975 e. The normalized spacial score (nSPS) is 22.3. The lowest BCUT2D eigenvalue weighted by molar-refractivity contribution is 0.487. The fourth-order valence-electron chi connectivity index (χ4n) is 4.90. The highest BCUT2D eigenvalue weighted by Gasteiger charge is 2.34. The molecule has 0 bridgehead atoms. The fourth-order valence-corrected chi connectivity index (χ4v) is 9.75. The van der Waals surface area contributed by atoms with Crippen molar-refractivity contribution in [3.8, 4) is 0 Å². The van der Waals surface area contributed by atoms with E-state index < -0.39 is 11.0 Å². The summed E-state index contributed by atoms with van der Waals surface area (Å²) >= 11 is 0. The highest BCUT2D eigenvalue weighted by Crippen LogP contribution is 2.55. The molecule has 3 rings (SSSR count). The molecule has 0 unspecified atom stereocenters. The Morgan fingerprint density at radius 3 is 1.93 bits per heavy atom. The largest absolute Gasteiger partial charge is 0.242 e. The maximum atomic E-state index is 12.7. The predicted octanol–water partition coefficient (Wildman–Crippen LogP) is 6.57. The molecule has 1 N–H and O–H groups in total. The van der Waals surface area contributed by atoms with Crippen LogP contribution in [0.25, 0.3) is 0 Å². The molecule has 158 valence electrons. The van der Waals surface area contributed by atoms with Crippen LogP contribution in [0.4, 0.5) is 0 Å². The van der Waals surface area contributed by atoms with Crippen molar-refractivity contribution >= 4 is 24.2 Å². The fraction of sp³-hybridized carbons (Fsp3) is 0.750. The molecule has 1 aromatic carbocycles. The first-order valence-corrected chi connectivity index (χ1v) is 14.1. The molecule has 2 aliphatic carbocycles. The molecule has 0 radical (unpaired) electrons. The highest BCUT2D eigenvalue weighted by molar-refractivity contribution is 7.84. The van der Waals surface area contributed by atoms with Crippen LogP contribution >= 0.6 is 7.92 Å². The van der Waals surface area contributed by atoms with E-state index in [0.29, 0.717) is 0 Å². The van der Waals surface area contributed by atoms with Crippen LogP contribution in [0.15, 0.2) is 24.3 Å². The van der Waals surface area contributed by atoms with E-state index in [4.69, 9.17) is 0 Å². The Labute approximate surface area is 177 Å². The second-order valence-corrected chi connectivity index (χ2v) is 14.5. The van der Waals surface area contributed by atoms with Crippen LogP contribution in [-0.2, 0) is 11.0 Å². The topological polar surface area (TPSA) is 29.1 Å². The summed E-state index contributed by atoms with van der Waals surface area (Å²) in [5.74, 6) is 0. The number of rotatable bonds is 6. The van der Waals surface area contributed by atoms with Gasteiger partial charge in [-0.1, -0.05) is 70.7 Å². The molecule has 0 amide bonds. The van der Waals surface area contributed by atoms with Crippen molar-refractivity contribution in [2.45, 2.75) is 114 Å². The van der Waals surface area contributed by atoms with Gasteiger partial charge in [0.2, 0.25) is 0 Å². The minimum absolute atomic E-state index is 0.133. The molecule has 1 aromatic rings. The molecule has 2 saturated carbocycles. The summed E-state index contributed by atoms with van der Waals surface area (Å²) in [6.07, 6.45) is 14.2. The van der Waals surface area contributed by atoms with E-state index in [2.05, 4.69) is 35.9 Å². The minimum atomic E-state index is -1.04. The van der Waals surface area contributed by atoms with Gasteiger partial charge >= 0.3 is 0 Å². The van der Waals surface area contributed by atoms with Gasteiger partial charge in [-0.05, 0) is 75.6 Å². The van der Waals surface area contributed by atoms with Gasteiger partial charge in [0, 0.05) is 6.04 Å². The van der Waals surface area contributed by atoms with Crippen molar-refractivity contribution in [2.75, 3.05) is 0 Å². The highest BCUT2D eigenvalue weighted by atomic mass is 32.2. The standard InChI is InChI=1S/C24H40NOPS/c1-19(25-28(26)24(2,3)4)22-17-11-12-18-23(22)27(20-13-7-5-8-14-20)21-15-9-6-10-16-21/h11-12,17-21,25H,5-10,13-16H2,1-4H3/t19-,28-/m1/s1. The molecule has 2 atom stereocenters. The Bertz CT molecular complexity index is 626. The van der Waals surface area contributed by atoms with Crippen molar-refractivity contribution in [3.63, 3.8) is 0 Å². The van der Waals surface area contributed by atoms with Gasteiger partial charge in [0.25, 0.3) is 0 Å². The zero-order valence-corrected chi connectivity index (χ0v) is 20.1. The van der Waals surface area contributed by atoms with Crippen molar-refractivity contribution < 1.29 is 4.21 Å². The van der Waals surface area contributed by atoms with Crippen molar-refractivity contribution in [1.82, 2.24) is 4.72 Å². The van der Waals surface area contributed by atoms with Crippen LogP contribution in [0.1, 0.15) is 104 Å². The van der Waals surface area contributed by atoms with Crippen LogP contribution in [0, 0.1) is 0 Å². The summed E-state index contributed by atoms with van der Waals surface area (Å²) in [5.41, 5.74) is 3.20. The zero-order valence-electron chi connectivity index (χ0n) is 18.4. The molecular formula is C24H40NOPS. The lowest BCUT2D eigenvalue weighted by atomic mass is 9.99. The van der Waals surface area contributed by atoms with Gasteiger partial charge in [0.15, 0.2) is 0 Å². The number of hydrogen-bond donors (Lipinski definition) is 1. The summed E-state index contributed by atoms with van der Waals surface area (Å²) in [6, 6.07) is 9.27. The van der Waals surface area contributed by atoms with Crippen molar-refractivity contribution in [1.29, 1.82) is 0 Å². The van der Waals surface area contributed by atoms with Crippen molar-refractivity contribution in [3.05, 3.63) is 29.8 Å². The zero-order chi connectivity index (χ0) is 20.1. The first-order valence-electron chi connectivity index (χ1n) is 11.4. The molecule has 0 spiro atoms. The molecule has 0 saturated heterocycles. The summed E-state index contributed by atoms with van der Waals surface area (Å²) < 4.78 is 15.9. The van der Waals surface area contributed by atoms with E-state index in [-0.39, 0.29) is 18.7 Å². The summed E-state index contributed by atoms with van der Waals surface area (Å²) in [7, 11) is -1.18. The number of hydrogen-bond acceptors (Lipinski definition) is 1. The van der Waals surface area contributed by atoms with Crippen LogP contribution < -0.4 is 10.0 Å². The van der Waals surface area contributed by atoms with Gasteiger partial charge < -0.3 is 0 Å². The van der Waals surface area contributed by atoms with E-state index in [1.807, 2.05) is 20.8 Å². The van der Waals surface area contributed by atoms with Gasteiger partial charge in [0.1, 0.15) is 0 Å². The van der Waals surface area contributed by atoms with Crippen LogP contribution in [0.5, 0.6) is 0 Å². The van der Waals surface area contributed by atoms with Crippen LogP contribution in [0.2, 0.25) is 0 Å². The molecule has 2 aliphatic rings. The van der Waals surface area contributed by atoms with Gasteiger partial charge in [-0.3, -0.25) is 0 Å². The van der Waals surface area contributed by atoms with E-state index in [1.165, 1.54) is 69.8 Å². The average molecular weight is 422 g/mol. The lowest BCUT2D eigenvalue weighted by Gasteiger charge is -2.40. The number of nitrogens with one attached hydrogen (secondary N) is 1. The predicted molar refractivity (Wildman–Crippen MR) is 126 cm³/mol. The lowest BCUT2D eigenvalue weighted by Crippen LogP contribution is -2.37. The third kappa shape index (κ3) is 5.67. The molecule has 0 heterocycles. The van der Waals surface area contributed by atoms with E-state index in [0.717, 1.165) is 11.3 Å². The Morgan fingerprint density at radius 2 is 1.43 bits per heavy atom. The molecule has 2 fully saturated rings. The second-order valence-electron chi connectivity index (χ2n) is 9.77. The van der Waals surface area contributed by atoms with E-state index >= 15 is 0 Å². The molecule has 28 heavy (non-hydrogen) atoms. The van der Waals surface area contributed by atoms with E-state index in [1.54, 1.807) is 5.30 Å². The average Bonchev–Trinajstić information content (AvgIpc) is 2.69. The Balaban J connectivity index is 1.90. The SMILES string of the molecule is C[C@@H](N[S@](=O)C(C)(C)C)c1ccccc1P(C1CCCCC1)C1CCCCC1.